The molecule has 4 heteroatoms. The molecule has 1 aliphatic rings. The van der Waals surface area contributed by atoms with Crippen LogP contribution in [0.1, 0.15) is 25.0 Å². The number of carbonyl (C=O) groups is 1. The Hall–Kier alpha value is -1.39. The van der Waals surface area contributed by atoms with Crippen molar-refractivity contribution in [1.82, 2.24) is 0 Å². The summed E-state index contributed by atoms with van der Waals surface area (Å²) < 4.78 is 5.96. The van der Waals surface area contributed by atoms with Crippen molar-refractivity contribution in [3.8, 4) is 0 Å². The highest BCUT2D eigenvalue weighted by atomic mass is 79.9. The van der Waals surface area contributed by atoms with E-state index in [-0.39, 0.29) is 5.97 Å². The van der Waals surface area contributed by atoms with Crippen molar-refractivity contribution in [3.63, 3.8) is 0 Å². The van der Waals surface area contributed by atoms with Crippen LogP contribution in [0.2, 0.25) is 0 Å². The lowest BCUT2D eigenvalue weighted by molar-refractivity contribution is -0.132. The van der Waals surface area contributed by atoms with Gasteiger partial charge in [0.2, 0.25) is 0 Å². The predicted octanol–water partition coefficient (Wildman–Crippen LogP) is 3.26. The summed E-state index contributed by atoms with van der Waals surface area (Å²) in [5.41, 5.74) is 1.69. The average molecular weight is 309 g/mol. The minimum atomic E-state index is -0.599. The van der Waals surface area contributed by atoms with Crippen LogP contribution in [0.3, 0.4) is 0 Å². The Morgan fingerprint density at radius 1 is 1.33 bits per heavy atom. The second-order valence-electron chi connectivity index (χ2n) is 4.17. The van der Waals surface area contributed by atoms with Gasteiger partial charge in [0.15, 0.2) is 0 Å². The van der Waals surface area contributed by atoms with E-state index in [1.165, 1.54) is 6.08 Å². The van der Waals surface area contributed by atoms with Gasteiger partial charge in [0, 0.05) is 17.0 Å². The monoisotopic (exact) mass is 308 g/mol. The molecule has 18 heavy (non-hydrogen) atoms. The zero-order valence-corrected chi connectivity index (χ0v) is 11.5. The molecule has 0 aromatic heterocycles. The number of esters is 1. The molecule has 1 aliphatic heterocycles. The van der Waals surface area contributed by atoms with Crippen LogP contribution in [0, 0.1) is 0 Å². The second-order valence-corrected chi connectivity index (χ2v) is 5.09. The normalized spacial score (nSPS) is 18.7. The summed E-state index contributed by atoms with van der Waals surface area (Å²) in [7, 11) is 0. The van der Waals surface area contributed by atoms with Crippen LogP contribution >= 0.6 is 15.9 Å². The summed E-state index contributed by atoms with van der Waals surface area (Å²) in [5.74, 6) is 0.179. The topological polar surface area (TPSA) is 46.5 Å². The Kier molecular flexibility index (Phi) is 3.99. The number of carbonyl (C=O) groups excluding carboxylic acids is 1. The molecule has 1 N–H and O–H groups in total. The number of halogens is 1. The van der Waals surface area contributed by atoms with Crippen molar-refractivity contribution in [2.75, 3.05) is 0 Å². The number of aliphatic hydroxyl groups is 1. The quantitative estimate of drug-likeness (QED) is 0.872. The fraction of sp³-hybridized carbons (Fsp3) is 0.214. The summed E-state index contributed by atoms with van der Waals surface area (Å²) in [6, 6.07) is 7.50. The minimum Gasteiger partial charge on any atom is -0.423 e. The Morgan fingerprint density at radius 2 is 2.00 bits per heavy atom. The first-order chi connectivity index (χ1) is 8.56. The molecule has 0 amide bonds. The van der Waals surface area contributed by atoms with Crippen LogP contribution in [-0.2, 0) is 9.53 Å². The molecule has 0 aliphatic carbocycles. The number of ether oxygens (including phenoxy) is 1. The summed E-state index contributed by atoms with van der Waals surface area (Å²) in [6.45, 7) is 1.85. The van der Waals surface area contributed by atoms with Gasteiger partial charge in [-0.15, -0.1) is 0 Å². The number of cyclic esters (lactones) is 1. The van der Waals surface area contributed by atoms with Gasteiger partial charge in [0.1, 0.15) is 5.76 Å². The number of hydrogen-bond acceptors (Lipinski definition) is 3. The molecule has 94 valence electrons. The lowest BCUT2D eigenvalue weighted by Gasteiger charge is -2.12. The van der Waals surface area contributed by atoms with E-state index in [9.17, 15) is 9.90 Å². The van der Waals surface area contributed by atoms with Gasteiger partial charge in [-0.05, 0) is 36.3 Å². The van der Waals surface area contributed by atoms with Crippen LogP contribution in [0.5, 0.6) is 0 Å². The fourth-order valence-corrected chi connectivity index (χ4v) is 2.01. The standard InChI is InChI=1S/C14H13BrO3/c1-9(13-6-7-14(17)18-13)8-12(16)10-2-4-11(15)5-3-10/h2-7,12,16H,8H2,1H3/b13-9+/t12-/m1/s1. The molecular formula is C14H13BrO3. The SMILES string of the molecule is C/C(C[C@@H](O)c1ccc(Br)cc1)=C1/C=CC(=O)O1. The maximum absolute atomic E-state index is 10.9. The third-order valence-corrected chi connectivity index (χ3v) is 3.28. The third-order valence-electron chi connectivity index (χ3n) is 2.76. The van der Waals surface area contributed by atoms with E-state index >= 15 is 0 Å². The fourth-order valence-electron chi connectivity index (χ4n) is 1.74. The molecule has 0 unspecified atom stereocenters. The number of aliphatic hydroxyl groups excluding tert-OH is 1. The van der Waals surface area contributed by atoms with Crippen molar-refractivity contribution in [2.45, 2.75) is 19.4 Å². The molecule has 1 aromatic rings. The molecule has 0 fully saturated rings. The van der Waals surface area contributed by atoms with E-state index in [1.54, 1.807) is 6.08 Å². The molecule has 0 spiro atoms. The lowest BCUT2D eigenvalue weighted by Crippen LogP contribution is -2.00. The van der Waals surface area contributed by atoms with Crippen LogP contribution in [0.4, 0.5) is 0 Å². The van der Waals surface area contributed by atoms with E-state index in [4.69, 9.17) is 4.74 Å². The van der Waals surface area contributed by atoms with Crippen LogP contribution in [0.25, 0.3) is 0 Å². The predicted molar refractivity (Wildman–Crippen MR) is 71.7 cm³/mol. The van der Waals surface area contributed by atoms with E-state index in [2.05, 4.69) is 15.9 Å². The molecule has 0 saturated carbocycles. The van der Waals surface area contributed by atoms with Crippen molar-refractivity contribution >= 4 is 21.9 Å². The molecule has 1 atom stereocenters. The first kappa shape index (κ1) is 13.1. The minimum absolute atomic E-state index is 0.359. The summed E-state index contributed by atoms with van der Waals surface area (Å²) >= 11 is 3.35. The Bertz CT molecular complexity index is 514. The van der Waals surface area contributed by atoms with Crippen molar-refractivity contribution in [3.05, 3.63) is 57.8 Å². The van der Waals surface area contributed by atoms with Crippen LogP contribution in [-0.4, -0.2) is 11.1 Å². The molecule has 1 heterocycles. The number of benzene rings is 1. The molecular weight excluding hydrogens is 296 g/mol. The first-order valence-corrected chi connectivity index (χ1v) is 6.39. The van der Waals surface area contributed by atoms with E-state index < -0.39 is 6.10 Å². The average Bonchev–Trinajstić information content (AvgIpc) is 2.76. The highest BCUT2D eigenvalue weighted by Crippen LogP contribution is 2.26. The lowest BCUT2D eigenvalue weighted by atomic mass is 10.0. The number of hydrogen-bond donors (Lipinski definition) is 1. The van der Waals surface area contributed by atoms with Gasteiger partial charge in [-0.2, -0.15) is 0 Å². The van der Waals surface area contributed by atoms with E-state index in [0.717, 1.165) is 15.6 Å². The Labute approximate surface area is 114 Å². The molecule has 0 saturated heterocycles. The van der Waals surface area contributed by atoms with Crippen LogP contribution in [0.15, 0.2) is 52.2 Å². The van der Waals surface area contributed by atoms with Gasteiger partial charge in [0.05, 0.1) is 6.10 Å². The van der Waals surface area contributed by atoms with Crippen LogP contribution < -0.4 is 0 Å². The van der Waals surface area contributed by atoms with Gasteiger partial charge in [0.25, 0.3) is 0 Å². The zero-order chi connectivity index (χ0) is 13.1. The number of rotatable bonds is 3. The van der Waals surface area contributed by atoms with E-state index in [1.807, 2.05) is 31.2 Å². The van der Waals surface area contributed by atoms with Crippen molar-refractivity contribution in [1.29, 1.82) is 0 Å². The molecule has 3 nitrogen and oxygen atoms in total. The molecule has 1 aromatic carbocycles. The first-order valence-electron chi connectivity index (χ1n) is 5.59. The highest BCUT2D eigenvalue weighted by Gasteiger charge is 2.15. The van der Waals surface area contributed by atoms with Crippen molar-refractivity contribution < 1.29 is 14.6 Å². The van der Waals surface area contributed by atoms with Gasteiger partial charge in [-0.3, -0.25) is 0 Å². The summed E-state index contributed by atoms with van der Waals surface area (Å²) in [5, 5.41) is 10.1. The molecule has 2 rings (SSSR count). The van der Waals surface area contributed by atoms with Gasteiger partial charge in [-0.25, -0.2) is 4.79 Å². The number of allylic oxidation sites excluding steroid dienone is 1. The molecule has 0 radical (unpaired) electrons. The maximum Gasteiger partial charge on any atom is 0.336 e. The Balaban J connectivity index is 2.08. The van der Waals surface area contributed by atoms with Gasteiger partial charge < -0.3 is 9.84 Å². The Morgan fingerprint density at radius 3 is 2.56 bits per heavy atom. The van der Waals surface area contributed by atoms with Gasteiger partial charge in [-0.1, -0.05) is 28.1 Å². The van der Waals surface area contributed by atoms with E-state index in [0.29, 0.717) is 12.2 Å². The summed E-state index contributed by atoms with van der Waals surface area (Å²) in [4.78, 5) is 10.9. The van der Waals surface area contributed by atoms with Gasteiger partial charge >= 0.3 is 5.97 Å². The highest BCUT2D eigenvalue weighted by molar-refractivity contribution is 9.10. The van der Waals surface area contributed by atoms with Crippen molar-refractivity contribution in [2.24, 2.45) is 0 Å². The second kappa shape index (κ2) is 5.50. The summed E-state index contributed by atoms with van der Waals surface area (Å²) in [6.07, 6.45) is 2.85. The maximum atomic E-state index is 10.9. The molecule has 0 bridgehead atoms. The smallest absolute Gasteiger partial charge is 0.336 e. The largest absolute Gasteiger partial charge is 0.423 e. The zero-order valence-electron chi connectivity index (χ0n) is 9.89. The third kappa shape index (κ3) is 3.09.